The van der Waals surface area contributed by atoms with Crippen molar-refractivity contribution in [2.24, 2.45) is 0 Å². The molecule has 5 heteroatoms. The molecule has 1 heterocycles. The Hall–Kier alpha value is -1.52. The van der Waals surface area contributed by atoms with E-state index in [-0.39, 0.29) is 11.8 Å². The van der Waals surface area contributed by atoms with Crippen molar-refractivity contribution < 1.29 is 18.0 Å². The summed E-state index contributed by atoms with van der Waals surface area (Å²) in [6.45, 7) is 0.504. The lowest BCUT2D eigenvalue weighted by Crippen LogP contribution is -2.13. The summed E-state index contributed by atoms with van der Waals surface area (Å²) in [5, 5.41) is 2.65. The van der Waals surface area contributed by atoms with Crippen LogP contribution >= 0.6 is 0 Å². The van der Waals surface area contributed by atoms with Crippen LogP contribution in [0.25, 0.3) is 0 Å². The molecule has 1 aromatic rings. The van der Waals surface area contributed by atoms with E-state index in [1.807, 2.05) is 0 Å². The van der Waals surface area contributed by atoms with Crippen LogP contribution in [-0.2, 0) is 11.0 Å². The van der Waals surface area contributed by atoms with Crippen LogP contribution in [0.15, 0.2) is 24.3 Å². The number of hydrogen-bond donors (Lipinski definition) is 1. The maximum Gasteiger partial charge on any atom is 0.416 e. The summed E-state index contributed by atoms with van der Waals surface area (Å²) in [5.74, 6) is -0.0559. The van der Waals surface area contributed by atoms with Crippen LogP contribution < -0.4 is 5.32 Å². The number of rotatable bonds is 1. The van der Waals surface area contributed by atoms with Gasteiger partial charge in [0.2, 0.25) is 5.91 Å². The number of alkyl halides is 3. The Labute approximate surface area is 90.5 Å². The molecule has 1 aliphatic heterocycles. The second kappa shape index (κ2) is 3.81. The first-order chi connectivity index (χ1) is 7.47. The molecule has 1 N–H and O–H groups in total. The Morgan fingerprint density at radius 2 is 1.81 bits per heavy atom. The molecule has 2 nitrogen and oxygen atoms in total. The van der Waals surface area contributed by atoms with Gasteiger partial charge >= 0.3 is 6.18 Å². The zero-order valence-electron chi connectivity index (χ0n) is 8.34. The summed E-state index contributed by atoms with van der Waals surface area (Å²) in [4.78, 5) is 11.0. The van der Waals surface area contributed by atoms with Crippen molar-refractivity contribution in [1.29, 1.82) is 0 Å². The Kier molecular flexibility index (Phi) is 2.61. The Morgan fingerprint density at radius 1 is 1.19 bits per heavy atom. The highest BCUT2D eigenvalue weighted by Crippen LogP contribution is 2.31. The van der Waals surface area contributed by atoms with E-state index >= 15 is 0 Å². The Morgan fingerprint density at radius 3 is 2.25 bits per heavy atom. The molecule has 0 radical (unpaired) electrons. The van der Waals surface area contributed by atoms with Gasteiger partial charge < -0.3 is 5.32 Å². The molecule has 1 atom stereocenters. The van der Waals surface area contributed by atoms with E-state index in [1.54, 1.807) is 0 Å². The predicted molar refractivity (Wildman–Crippen MR) is 51.8 cm³/mol. The van der Waals surface area contributed by atoms with Gasteiger partial charge in [-0.15, -0.1) is 0 Å². The van der Waals surface area contributed by atoms with Crippen LogP contribution in [0, 0.1) is 0 Å². The van der Waals surface area contributed by atoms with E-state index in [4.69, 9.17) is 0 Å². The maximum absolute atomic E-state index is 12.3. The van der Waals surface area contributed by atoms with E-state index in [0.717, 1.165) is 17.7 Å². The van der Waals surface area contributed by atoms with E-state index in [2.05, 4.69) is 5.32 Å². The molecule has 1 fully saturated rings. The molecule has 1 saturated heterocycles. The SMILES string of the molecule is O=C1C[C@@H](c2ccc(C(F)(F)F)cc2)CN1. The number of carbonyl (C=O) groups excluding carboxylic acids is 1. The fourth-order valence-electron chi connectivity index (χ4n) is 1.79. The summed E-state index contributed by atoms with van der Waals surface area (Å²) in [6.07, 6.45) is -3.95. The molecule has 2 rings (SSSR count). The predicted octanol–water partition coefficient (Wildman–Crippen LogP) is 2.31. The van der Waals surface area contributed by atoms with E-state index in [9.17, 15) is 18.0 Å². The van der Waals surface area contributed by atoms with E-state index in [0.29, 0.717) is 13.0 Å². The van der Waals surface area contributed by atoms with Crippen molar-refractivity contribution in [3.05, 3.63) is 35.4 Å². The fraction of sp³-hybridized carbons (Fsp3) is 0.364. The smallest absolute Gasteiger partial charge is 0.355 e. The molecule has 0 aromatic heterocycles. The number of nitrogens with one attached hydrogen (secondary N) is 1. The molecule has 1 aliphatic rings. The lowest BCUT2D eigenvalue weighted by Gasteiger charge is -2.10. The van der Waals surface area contributed by atoms with Gasteiger partial charge in [-0.3, -0.25) is 4.79 Å². The molecular weight excluding hydrogens is 219 g/mol. The van der Waals surface area contributed by atoms with Crippen LogP contribution in [0.3, 0.4) is 0 Å². The van der Waals surface area contributed by atoms with Crippen molar-refractivity contribution in [1.82, 2.24) is 5.32 Å². The highest BCUT2D eigenvalue weighted by Gasteiger charge is 2.30. The molecule has 0 spiro atoms. The van der Waals surface area contributed by atoms with Gasteiger partial charge in [0.1, 0.15) is 0 Å². The number of amides is 1. The average molecular weight is 229 g/mol. The second-order valence-electron chi connectivity index (χ2n) is 3.82. The third-order valence-electron chi connectivity index (χ3n) is 2.69. The van der Waals surface area contributed by atoms with Gasteiger partial charge in [0, 0.05) is 18.9 Å². The number of hydrogen-bond acceptors (Lipinski definition) is 1. The van der Waals surface area contributed by atoms with Gasteiger partial charge in [-0.05, 0) is 17.7 Å². The largest absolute Gasteiger partial charge is 0.416 e. The minimum Gasteiger partial charge on any atom is -0.355 e. The molecule has 1 amide bonds. The third kappa shape index (κ3) is 2.18. The number of benzene rings is 1. The van der Waals surface area contributed by atoms with Gasteiger partial charge in [0.05, 0.1) is 5.56 Å². The third-order valence-corrected chi connectivity index (χ3v) is 2.69. The Balaban J connectivity index is 2.17. The number of carbonyl (C=O) groups is 1. The van der Waals surface area contributed by atoms with Crippen molar-refractivity contribution in [2.45, 2.75) is 18.5 Å². The second-order valence-corrected chi connectivity index (χ2v) is 3.82. The van der Waals surface area contributed by atoms with Crippen LogP contribution in [0.2, 0.25) is 0 Å². The van der Waals surface area contributed by atoms with E-state index in [1.165, 1.54) is 12.1 Å². The summed E-state index contributed by atoms with van der Waals surface area (Å²) < 4.78 is 36.9. The van der Waals surface area contributed by atoms with E-state index < -0.39 is 11.7 Å². The molecule has 1 aromatic carbocycles. The van der Waals surface area contributed by atoms with Crippen LogP contribution in [0.4, 0.5) is 13.2 Å². The fourth-order valence-corrected chi connectivity index (χ4v) is 1.79. The summed E-state index contributed by atoms with van der Waals surface area (Å²) >= 11 is 0. The van der Waals surface area contributed by atoms with Crippen molar-refractivity contribution in [3.8, 4) is 0 Å². The summed E-state index contributed by atoms with van der Waals surface area (Å²) in [7, 11) is 0. The van der Waals surface area contributed by atoms with Crippen LogP contribution in [-0.4, -0.2) is 12.5 Å². The van der Waals surface area contributed by atoms with Crippen molar-refractivity contribution in [3.63, 3.8) is 0 Å². The van der Waals surface area contributed by atoms with Crippen molar-refractivity contribution >= 4 is 5.91 Å². The lowest BCUT2D eigenvalue weighted by molar-refractivity contribution is -0.137. The minimum atomic E-state index is -4.30. The first kappa shape index (κ1) is 11.0. The normalized spacial score (nSPS) is 20.9. The highest BCUT2D eigenvalue weighted by atomic mass is 19.4. The first-order valence-corrected chi connectivity index (χ1v) is 4.90. The van der Waals surface area contributed by atoms with Crippen molar-refractivity contribution in [2.75, 3.05) is 6.54 Å². The zero-order valence-corrected chi connectivity index (χ0v) is 8.34. The lowest BCUT2D eigenvalue weighted by atomic mass is 9.97. The standard InChI is InChI=1S/C11H10F3NO/c12-11(13,14)9-3-1-7(2-4-9)8-5-10(16)15-6-8/h1-4,8H,5-6H2,(H,15,16)/t8-/m1/s1. The topological polar surface area (TPSA) is 29.1 Å². The molecule has 16 heavy (non-hydrogen) atoms. The maximum atomic E-state index is 12.3. The molecule has 0 unspecified atom stereocenters. The van der Waals surface area contributed by atoms with Crippen LogP contribution in [0.5, 0.6) is 0 Å². The monoisotopic (exact) mass is 229 g/mol. The first-order valence-electron chi connectivity index (χ1n) is 4.90. The highest BCUT2D eigenvalue weighted by molar-refractivity contribution is 5.79. The molecule has 0 saturated carbocycles. The van der Waals surface area contributed by atoms with Gasteiger partial charge in [-0.2, -0.15) is 13.2 Å². The minimum absolute atomic E-state index is 0.00483. The summed E-state index contributed by atoms with van der Waals surface area (Å²) in [5.41, 5.74) is 0.111. The number of halogens is 3. The summed E-state index contributed by atoms with van der Waals surface area (Å²) in [6, 6.07) is 4.98. The Bertz CT molecular complexity index is 397. The molecule has 86 valence electrons. The molecule has 0 aliphatic carbocycles. The van der Waals surface area contributed by atoms with Gasteiger partial charge in [-0.25, -0.2) is 0 Å². The average Bonchev–Trinajstić information content (AvgIpc) is 2.64. The zero-order chi connectivity index (χ0) is 11.8. The molecular formula is C11H10F3NO. The van der Waals surface area contributed by atoms with Crippen LogP contribution in [0.1, 0.15) is 23.5 Å². The van der Waals surface area contributed by atoms with Gasteiger partial charge in [0.25, 0.3) is 0 Å². The van der Waals surface area contributed by atoms with Gasteiger partial charge in [-0.1, -0.05) is 12.1 Å². The molecule has 0 bridgehead atoms. The van der Waals surface area contributed by atoms with Gasteiger partial charge in [0.15, 0.2) is 0 Å². The quantitative estimate of drug-likeness (QED) is 0.786.